The highest BCUT2D eigenvalue weighted by atomic mass is 16.7. The number of aliphatic hydroxyl groups is 5. The second kappa shape index (κ2) is 10.1. The van der Waals surface area contributed by atoms with E-state index in [1.807, 2.05) is 6.92 Å². The Kier molecular flexibility index (Phi) is 8.87. The second-order valence-corrected chi connectivity index (χ2v) is 6.45. The van der Waals surface area contributed by atoms with Crippen LogP contribution in [0.1, 0.15) is 39.5 Å². The molecule has 10 nitrogen and oxygen atoms in total. The largest absolute Gasteiger partial charge is 0.462 e. The summed E-state index contributed by atoms with van der Waals surface area (Å²) in [6, 6.07) is -1.21. The summed E-state index contributed by atoms with van der Waals surface area (Å²) in [6.45, 7) is 2.36. The third kappa shape index (κ3) is 5.86. The number of aliphatic hydroxyl groups excluding tert-OH is 4. The molecule has 6 atom stereocenters. The minimum Gasteiger partial charge on any atom is -0.462 e. The Morgan fingerprint density at radius 1 is 1.35 bits per heavy atom. The predicted molar refractivity (Wildman–Crippen MR) is 87.6 cm³/mol. The van der Waals surface area contributed by atoms with Gasteiger partial charge in [0.15, 0.2) is 0 Å². The van der Waals surface area contributed by atoms with Crippen LogP contribution in [0.15, 0.2) is 0 Å². The average Bonchev–Trinajstić information content (AvgIpc) is 2.59. The van der Waals surface area contributed by atoms with Crippen LogP contribution in [0.5, 0.6) is 0 Å². The zero-order valence-electron chi connectivity index (χ0n) is 15.0. The summed E-state index contributed by atoms with van der Waals surface area (Å²) in [5.41, 5.74) is 0. The molecule has 1 aliphatic rings. The molecule has 1 saturated heterocycles. The molecule has 0 aliphatic carbocycles. The Labute approximate surface area is 151 Å². The van der Waals surface area contributed by atoms with Crippen LogP contribution in [0.2, 0.25) is 0 Å². The molecule has 6 N–H and O–H groups in total. The van der Waals surface area contributed by atoms with Crippen molar-refractivity contribution in [3.63, 3.8) is 0 Å². The van der Waals surface area contributed by atoms with Crippen LogP contribution in [-0.2, 0) is 19.1 Å². The van der Waals surface area contributed by atoms with E-state index in [9.17, 15) is 30.0 Å². The summed E-state index contributed by atoms with van der Waals surface area (Å²) in [5.74, 6) is -4.24. The molecule has 1 heterocycles. The fourth-order valence-electron chi connectivity index (χ4n) is 2.76. The maximum absolute atomic E-state index is 12.2. The Morgan fingerprint density at radius 3 is 2.54 bits per heavy atom. The molecule has 1 fully saturated rings. The number of carbonyl (C=O) groups excluding carboxylic acids is 2. The number of ether oxygens (including phenoxy) is 2. The summed E-state index contributed by atoms with van der Waals surface area (Å²) in [6.07, 6.45) is -4.76. The van der Waals surface area contributed by atoms with E-state index in [1.54, 1.807) is 0 Å². The second-order valence-electron chi connectivity index (χ2n) is 6.45. The van der Waals surface area contributed by atoms with Crippen molar-refractivity contribution in [2.75, 3.05) is 13.2 Å². The van der Waals surface area contributed by atoms with E-state index in [1.165, 1.54) is 6.92 Å². The molecular weight excluding hydrogens is 350 g/mol. The number of nitrogens with one attached hydrogen (secondary N) is 1. The number of hydrogen-bond donors (Lipinski definition) is 6. The van der Waals surface area contributed by atoms with Gasteiger partial charge in [-0.3, -0.25) is 4.79 Å². The average molecular weight is 379 g/mol. The van der Waals surface area contributed by atoms with Gasteiger partial charge in [-0.05, 0) is 6.42 Å². The first-order valence-corrected chi connectivity index (χ1v) is 8.65. The van der Waals surface area contributed by atoms with Crippen molar-refractivity contribution in [2.24, 2.45) is 0 Å². The molecule has 0 aromatic heterocycles. The van der Waals surface area contributed by atoms with E-state index in [-0.39, 0.29) is 6.61 Å². The Balaban J connectivity index is 2.94. The van der Waals surface area contributed by atoms with Crippen molar-refractivity contribution in [3.05, 3.63) is 0 Å². The van der Waals surface area contributed by atoms with Crippen molar-refractivity contribution >= 4 is 11.9 Å². The summed E-state index contributed by atoms with van der Waals surface area (Å²) >= 11 is 0. The molecule has 1 rings (SSSR count). The first-order valence-electron chi connectivity index (χ1n) is 8.65. The Hall–Kier alpha value is -1.30. The number of esters is 1. The zero-order valence-corrected chi connectivity index (χ0v) is 15.0. The molecule has 0 spiro atoms. The van der Waals surface area contributed by atoms with Crippen LogP contribution in [0.3, 0.4) is 0 Å². The molecule has 1 aliphatic heterocycles. The van der Waals surface area contributed by atoms with E-state index in [0.29, 0.717) is 6.42 Å². The topological polar surface area (TPSA) is 166 Å². The van der Waals surface area contributed by atoms with Crippen LogP contribution >= 0.6 is 0 Å². The predicted octanol–water partition coefficient (Wildman–Crippen LogP) is -2.22. The van der Waals surface area contributed by atoms with Gasteiger partial charge in [0.25, 0.3) is 5.79 Å². The number of hydrogen-bond acceptors (Lipinski definition) is 9. The minimum atomic E-state index is -2.55. The molecule has 0 radical (unpaired) electrons. The molecule has 26 heavy (non-hydrogen) atoms. The molecule has 0 saturated carbocycles. The number of unbranched alkanes of at least 4 members (excludes halogenated alkanes) is 2. The van der Waals surface area contributed by atoms with Crippen molar-refractivity contribution < 1.29 is 44.6 Å². The smallest absolute Gasteiger partial charge is 0.366 e. The van der Waals surface area contributed by atoms with E-state index in [0.717, 1.165) is 12.8 Å². The zero-order chi connectivity index (χ0) is 19.9. The van der Waals surface area contributed by atoms with E-state index < -0.39 is 61.1 Å². The van der Waals surface area contributed by atoms with Crippen LogP contribution in [0, 0.1) is 0 Å². The van der Waals surface area contributed by atoms with Crippen molar-refractivity contribution in [2.45, 2.75) is 75.8 Å². The molecule has 0 aromatic carbocycles. The van der Waals surface area contributed by atoms with Gasteiger partial charge in [0.05, 0.1) is 25.4 Å². The van der Waals surface area contributed by atoms with Gasteiger partial charge in [0, 0.05) is 13.3 Å². The molecule has 0 bridgehead atoms. The van der Waals surface area contributed by atoms with Gasteiger partial charge in [0.1, 0.15) is 18.3 Å². The molecule has 0 aromatic rings. The fourth-order valence-corrected chi connectivity index (χ4v) is 2.76. The van der Waals surface area contributed by atoms with E-state index >= 15 is 0 Å². The molecule has 0 unspecified atom stereocenters. The highest BCUT2D eigenvalue weighted by Gasteiger charge is 2.54. The van der Waals surface area contributed by atoms with E-state index in [2.05, 4.69) is 5.32 Å². The van der Waals surface area contributed by atoms with Crippen molar-refractivity contribution in [3.8, 4) is 0 Å². The van der Waals surface area contributed by atoms with Crippen LogP contribution in [-0.4, -0.2) is 86.9 Å². The first kappa shape index (κ1) is 22.7. The summed E-state index contributed by atoms with van der Waals surface area (Å²) < 4.78 is 10.2. The van der Waals surface area contributed by atoms with Crippen LogP contribution in [0.4, 0.5) is 0 Å². The molecule has 1 amide bonds. The molecule has 152 valence electrons. The lowest BCUT2D eigenvalue weighted by Gasteiger charge is -2.45. The first-order chi connectivity index (χ1) is 12.2. The van der Waals surface area contributed by atoms with Gasteiger partial charge in [0.2, 0.25) is 5.91 Å². The monoisotopic (exact) mass is 379 g/mol. The quantitative estimate of drug-likeness (QED) is 0.192. The maximum Gasteiger partial charge on any atom is 0.366 e. The van der Waals surface area contributed by atoms with Gasteiger partial charge in [-0.25, -0.2) is 4.79 Å². The highest BCUT2D eigenvalue weighted by Crippen LogP contribution is 2.31. The summed E-state index contributed by atoms with van der Waals surface area (Å²) in [4.78, 5) is 23.5. The summed E-state index contributed by atoms with van der Waals surface area (Å²) in [7, 11) is 0. The SMILES string of the molecule is CCCCCOC(=O)[C@]1(O)C[C@H](O)[C@@H](NC(C)=O)[C@H]([C@H](O)[C@H](O)CO)O1. The third-order valence-electron chi connectivity index (χ3n) is 4.17. The summed E-state index contributed by atoms with van der Waals surface area (Å²) in [5, 5.41) is 51.9. The Morgan fingerprint density at radius 2 is 2.00 bits per heavy atom. The fraction of sp³-hybridized carbons (Fsp3) is 0.875. The third-order valence-corrected chi connectivity index (χ3v) is 4.17. The van der Waals surface area contributed by atoms with Gasteiger partial charge in [-0.15, -0.1) is 0 Å². The lowest BCUT2D eigenvalue weighted by molar-refractivity contribution is -0.297. The number of carbonyl (C=O) groups is 2. The molecule has 10 heteroatoms. The van der Waals surface area contributed by atoms with Crippen molar-refractivity contribution in [1.29, 1.82) is 0 Å². The van der Waals surface area contributed by atoms with Gasteiger partial charge < -0.3 is 40.3 Å². The van der Waals surface area contributed by atoms with Crippen LogP contribution < -0.4 is 5.32 Å². The van der Waals surface area contributed by atoms with Gasteiger partial charge in [-0.2, -0.15) is 0 Å². The highest BCUT2D eigenvalue weighted by molar-refractivity contribution is 5.78. The van der Waals surface area contributed by atoms with Crippen molar-refractivity contribution in [1.82, 2.24) is 5.32 Å². The van der Waals surface area contributed by atoms with E-state index in [4.69, 9.17) is 14.6 Å². The standard InChI is InChI=1S/C16H29NO9/c1-3-4-5-6-25-15(23)16(24)7-10(20)12(17-9(2)19)14(26-16)13(22)11(21)8-18/h10-14,18,20-22,24H,3-8H2,1-2H3,(H,17,19)/t10-,11+,12+,13+,14+,16-/m0/s1. The minimum absolute atomic E-state index is 0.0516. The van der Waals surface area contributed by atoms with Crippen LogP contribution in [0.25, 0.3) is 0 Å². The normalized spacial score (nSPS) is 31.1. The lowest BCUT2D eigenvalue weighted by Crippen LogP contribution is -2.67. The number of amides is 1. The van der Waals surface area contributed by atoms with Gasteiger partial charge >= 0.3 is 5.97 Å². The number of rotatable bonds is 9. The molecular formula is C16H29NO9. The maximum atomic E-state index is 12.2. The lowest BCUT2D eigenvalue weighted by atomic mass is 9.88. The Bertz CT molecular complexity index is 475. The van der Waals surface area contributed by atoms with Gasteiger partial charge in [-0.1, -0.05) is 19.8 Å².